The van der Waals surface area contributed by atoms with Crippen LogP contribution in [0.2, 0.25) is 0 Å². The first-order chi connectivity index (χ1) is 9.95. The van der Waals surface area contributed by atoms with Crippen LogP contribution in [0.25, 0.3) is 0 Å². The van der Waals surface area contributed by atoms with Crippen LogP contribution in [0.5, 0.6) is 5.75 Å². The molecule has 1 heterocycles. The highest BCUT2D eigenvalue weighted by Crippen LogP contribution is 2.37. The van der Waals surface area contributed by atoms with Crippen molar-refractivity contribution in [1.29, 1.82) is 0 Å². The molecule has 118 valence electrons. The lowest BCUT2D eigenvalue weighted by Crippen LogP contribution is -2.36. The molecule has 0 spiro atoms. The predicted octanol–water partition coefficient (Wildman–Crippen LogP) is 1.59. The Hall–Kier alpha value is -0.760. The third kappa shape index (κ3) is 4.60. The molecule has 1 fully saturated rings. The fourth-order valence-corrected chi connectivity index (χ4v) is 4.70. The van der Waals surface area contributed by atoms with Crippen molar-refractivity contribution in [2.24, 2.45) is 5.73 Å². The van der Waals surface area contributed by atoms with Gasteiger partial charge >= 0.3 is 0 Å². The van der Waals surface area contributed by atoms with Gasteiger partial charge in [0.15, 0.2) is 0 Å². The molecule has 1 atom stereocenters. The third-order valence-corrected chi connectivity index (χ3v) is 6.41. The van der Waals surface area contributed by atoms with E-state index in [1.54, 1.807) is 24.3 Å². The standard InChI is InChI=1S/C14H22N2O3S2/c1-14(7-2-10-20-14)11-16-21(17,18)13-5-3-12(4-6-13)19-9-8-15/h3-6,16H,2,7-11,15H2,1H3. The van der Waals surface area contributed by atoms with Gasteiger partial charge in [0.25, 0.3) is 0 Å². The Balaban J connectivity index is 1.98. The molecule has 5 nitrogen and oxygen atoms in total. The maximum absolute atomic E-state index is 12.3. The molecule has 0 saturated carbocycles. The Bertz CT molecular complexity index is 552. The molecule has 0 aliphatic carbocycles. The molecule has 1 aromatic rings. The third-order valence-electron chi connectivity index (χ3n) is 3.46. The summed E-state index contributed by atoms with van der Waals surface area (Å²) in [5.74, 6) is 1.73. The number of nitrogens with one attached hydrogen (secondary N) is 1. The highest BCUT2D eigenvalue weighted by molar-refractivity contribution is 8.01. The second kappa shape index (κ2) is 7.00. The van der Waals surface area contributed by atoms with E-state index in [2.05, 4.69) is 11.6 Å². The number of rotatable bonds is 7. The summed E-state index contributed by atoms with van der Waals surface area (Å²) in [7, 11) is -3.47. The van der Waals surface area contributed by atoms with E-state index in [-0.39, 0.29) is 9.64 Å². The monoisotopic (exact) mass is 330 g/mol. The van der Waals surface area contributed by atoms with E-state index in [0.29, 0.717) is 25.4 Å². The molecular weight excluding hydrogens is 308 g/mol. The Labute approximate surface area is 130 Å². The van der Waals surface area contributed by atoms with Crippen LogP contribution in [0, 0.1) is 0 Å². The van der Waals surface area contributed by atoms with Crippen LogP contribution in [0.15, 0.2) is 29.2 Å². The summed E-state index contributed by atoms with van der Waals surface area (Å²) in [6, 6.07) is 6.41. The van der Waals surface area contributed by atoms with E-state index in [9.17, 15) is 8.42 Å². The van der Waals surface area contributed by atoms with Crippen LogP contribution in [0.1, 0.15) is 19.8 Å². The zero-order valence-electron chi connectivity index (χ0n) is 12.2. The number of nitrogens with two attached hydrogens (primary N) is 1. The Morgan fingerprint density at radius 2 is 2.10 bits per heavy atom. The average Bonchev–Trinajstić information content (AvgIpc) is 2.91. The molecule has 1 unspecified atom stereocenters. The first kappa shape index (κ1) is 16.6. The highest BCUT2D eigenvalue weighted by atomic mass is 32.2. The number of benzene rings is 1. The van der Waals surface area contributed by atoms with Crippen molar-refractivity contribution < 1.29 is 13.2 Å². The van der Waals surface area contributed by atoms with E-state index >= 15 is 0 Å². The van der Waals surface area contributed by atoms with Crippen LogP contribution >= 0.6 is 11.8 Å². The van der Waals surface area contributed by atoms with E-state index in [4.69, 9.17) is 10.5 Å². The summed E-state index contributed by atoms with van der Waals surface area (Å²) in [6.07, 6.45) is 2.20. The SMILES string of the molecule is CC1(CNS(=O)(=O)c2ccc(OCCN)cc2)CCCS1. The van der Waals surface area contributed by atoms with Crippen LogP contribution < -0.4 is 15.2 Å². The van der Waals surface area contributed by atoms with Crippen LogP contribution in [0.4, 0.5) is 0 Å². The van der Waals surface area contributed by atoms with Gasteiger partial charge in [-0.3, -0.25) is 0 Å². The zero-order chi connectivity index (χ0) is 15.3. The molecular formula is C14H22N2O3S2. The summed E-state index contributed by atoms with van der Waals surface area (Å²) < 4.78 is 32.6. The summed E-state index contributed by atoms with van der Waals surface area (Å²) in [5, 5.41) is 0. The quantitative estimate of drug-likeness (QED) is 0.793. The molecule has 0 bridgehead atoms. The van der Waals surface area contributed by atoms with Gasteiger partial charge in [-0.25, -0.2) is 13.1 Å². The van der Waals surface area contributed by atoms with E-state index in [1.807, 2.05) is 11.8 Å². The van der Waals surface area contributed by atoms with E-state index < -0.39 is 10.0 Å². The average molecular weight is 330 g/mol. The van der Waals surface area contributed by atoms with Gasteiger partial charge in [-0.05, 0) is 49.8 Å². The Morgan fingerprint density at radius 1 is 1.38 bits per heavy atom. The zero-order valence-corrected chi connectivity index (χ0v) is 13.8. The second-order valence-corrected chi connectivity index (χ2v) is 8.78. The van der Waals surface area contributed by atoms with E-state index in [1.165, 1.54) is 0 Å². The first-order valence-electron chi connectivity index (χ1n) is 7.02. The molecule has 1 aliphatic heterocycles. The van der Waals surface area contributed by atoms with Gasteiger partial charge in [-0.15, -0.1) is 0 Å². The number of thioether (sulfide) groups is 1. The number of hydrogen-bond donors (Lipinski definition) is 2. The number of ether oxygens (including phenoxy) is 1. The minimum Gasteiger partial charge on any atom is -0.492 e. The Morgan fingerprint density at radius 3 is 2.67 bits per heavy atom. The molecule has 1 aliphatic rings. The maximum atomic E-state index is 12.3. The van der Waals surface area contributed by atoms with Crippen molar-refractivity contribution in [3.8, 4) is 5.75 Å². The molecule has 3 N–H and O–H groups in total. The smallest absolute Gasteiger partial charge is 0.240 e. The normalized spacial score (nSPS) is 22.4. The molecule has 0 radical (unpaired) electrons. The fraction of sp³-hybridized carbons (Fsp3) is 0.571. The number of hydrogen-bond acceptors (Lipinski definition) is 5. The molecule has 0 aromatic heterocycles. The van der Waals surface area contributed by atoms with Gasteiger partial charge in [-0.1, -0.05) is 0 Å². The van der Waals surface area contributed by atoms with Gasteiger partial charge in [0.05, 0.1) is 4.90 Å². The fourth-order valence-electron chi connectivity index (χ4n) is 2.20. The largest absolute Gasteiger partial charge is 0.492 e. The van der Waals surface area contributed by atoms with Crippen molar-refractivity contribution in [1.82, 2.24) is 4.72 Å². The number of sulfonamides is 1. The van der Waals surface area contributed by atoms with Crippen LogP contribution in [-0.2, 0) is 10.0 Å². The van der Waals surface area contributed by atoms with Crippen LogP contribution in [0.3, 0.4) is 0 Å². The van der Waals surface area contributed by atoms with Crippen molar-refractivity contribution in [3.63, 3.8) is 0 Å². The van der Waals surface area contributed by atoms with Crippen molar-refractivity contribution in [3.05, 3.63) is 24.3 Å². The highest BCUT2D eigenvalue weighted by Gasteiger charge is 2.31. The van der Waals surface area contributed by atoms with Gasteiger partial charge in [0.1, 0.15) is 12.4 Å². The van der Waals surface area contributed by atoms with E-state index in [0.717, 1.165) is 18.6 Å². The molecule has 1 saturated heterocycles. The topological polar surface area (TPSA) is 81.4 Å². The van der Waals surface area contributed by atoms with Crippen molar-refractivity contribution in [2.75, 3.05) is 25.4 Å². The van der Waals surface area contributed by atoms with Gasteiger partial charge in [0, 0.05) is 17.8 Å². The van der Waals surface area contributed by atoms with Crippen molar-refractivity contribution >= 4 is 21.8 Å². The summed E-state index contributed by atoms with van der Waals surface area (Å²) in [5.41, 5.74) is 5.35. The lowest BCUT2D eigenvalue weighted by molar-refractivity contribution is 0.328. The molecule has 7 heteroatoms. The maximum Gasteiger partial charge on any atom is 0.240 e. The summed E-state index contributed by atoms with van der Waals surface area (Å²) in [4.78, 5) is 0.259. The summed E-state index contributed by atoms with van der Waals surface area (Å²) in [6.45, 7) is 3.42. The lowest BCUT2D eigenvalue weighted by Gasteiger charge is -2.22. The van der Waals surface area contributed by atoms with Crippen molar-refractivity contribution in [2.45, 2.75) is 29.4 Å². The Kier molecular flexibility index (Phi) is 5.54. The van der Waals surface area contributed by atoms with Gasteiger partial charge < -0.3 is 10.5 Å². The predicted molar refractivity (Wildman–Crippen MR) is 86.3 cm³/mol. The van der Waals surface area contributed by atoms with Crippen LogP contribution in [-0.4, -0.2) is 38.6 Å². The molecule has 0 amide bonds. The lowest BCUT2D eigenvalue weighted by atomic mass is 10.1. The minimum absolute atomic E-state index is 0.0112. The molecule has 1 aromatic carbocycles. The molecule has 2 rings (SSSR count). The minimum atomic E-state index is -3.47. The first-order valence-corrected chi connectivity index (χ1v) is 9.49. The van der Waals surface area contributed by atoms with Gasteiger partial charge in [-0.2, -0.15) is 11.8 Å². The molecule has 21 heavy (non-hydrogen) atoms. The van der Waals surface area contributed by atoms with Gasteiger partial charge in [0.2, 0.25) is 10.0 Å². The second-order valence-electron chi connectivity index (χ2n) is 5.34. The summed E-state index contributed by atoms with van der Waals surface area (Å²) >= 11 is 1.83.